The maximum absolute atomic E-state index is 12.1. The van der Waals surface area contributed by atoms with Gasteiger partial charge in [-0.15, -0.1) is 0 Å². The van der Waals surface area contributed by atoms with Crippen LogP contribution in [0.5, 0.6) is 0 Å². The second-order valence-corrected chi connectivity index (χ2v) is 7.35. The number of hydrogen-bond donors (Lipinski definition) is 1. The van der Waals surface area contributed by atoms with Crippen LogP contribution < -0.4 is 5.32 Å². The van der Waals surface area contributed by atoms with Gasteiger partial charge in [-0.2, -0.15) is 0 Å². The van der Waals surface area contributed by atoms with Gasteiger partial charge in [0.1, 0.15) is 0 Å². The van der Waals surface area contributed by atoms with Crippen molar-refractivity contribution < 1.29 is 4.79 Å². The molecule has 0 spiro atoms. The summed E-state index contributed by atoms with van der Waals surface area (Å²) in [7, 11) is 0. The fourth-order valence-corrected chi connectivity index (χ4v) is 3.89. The molecule has 21 heavy (non-hydrogen) atoms. The van der Waals surface area contributed by atoms with E-state index in [2.05, 4.69) is 24.1 Å². The molecule has 3 nitrogen and oxygen atoms in total. The Hall–Kier alpha value is -0.570. The number of nitrogens with one attached hydrogen (secondary N) is 1. The zero-order valence-electron chi connectivity index (χ0n) is 14.1. The first-order valence-electron chi connectivity index (χ1n) is 9.18. The number of rotatable bonds is 5. The average Bonchev–Trinajstić information content (AvgIpc) is 2.74. The van der Waals surface area contributed by atoms with Crippen molar-refractivity contribution in [3.8, 4) is 0 Å². The zero-order chi connectivity index (χ0) is 15.1. The Labute approximate surface area is 130 Å². The lowest BCUT2D eigenvalue weighted by Gasteiger charge is -2.27. The van der Waals surface area contributed by atoms with Gasteiger partial charge in [0.2, 0.25) is 5.91 Å². The van der Waals surface area contributed by atoms with Crippen molar-refractivity contribution in [2.75, 3.05) is 19.6 Å². The number of piperidine rings is 1. The first-order valence-corrected chi connectivity index (χ1v) is 9.18. The lowest BCUT2D eigenvalue weighted by Crippen LogP contribution is -2.38. The molecule has 2 aliphatic rings. The van der Waals surface area contributed by atoms with E-state index < -0.39 is 0 Å². The number of hydrogen-bond acceptors (Lipinski definition) is 2. The number of carbonyl (C=O) groups excluding carboxylic acids is 1. The molecule has 1 amide bonds. The lowest BCUT2D eigenvalue weighted by molar-refractivity contribution is -0.132. The second kappa shape index (κ2) is 8.77. The molecule has 122 valence electrons. The average molecular weight is 294 g/mol. The lowest BCUT2D eigenvalue weighted by atomic mass is 9.89. The van der Waals surface area contributed by atoms with Crippen LogP contribution in [0.3, 0.4) is 0 Å². The van der Waals surface area contributed by atoms with E-state index in [1.54, 1.807) is 0 Å². The minimum atomic E-state index is 0.357. The largest absolute Gasteiger partial charge is 0.343 e. The van der Waals surface area contributed by atoms with Crippen LogP contribution >= 0.6 is 0 Å². The molecule has 1 heterocycles. The van der Waals surface area contributed by atoms with Crippen LogP contribution in [-0.2, 0) is 4.79 Å². The van der Waals surface area contributed by atoms with Crippen LogP contribution in [-0.4, -0.2) is 36.5 Å². The van der Waals surface area contributed by atoms with Crippen molar-refractivity contribution in [2.45, 2.75) is 77.7 Å². The normalized spacial score (nSPS) is 27.7. The summed E-state index contributed by atoms with van der Waals surface area (Å²) in [6, 6.07) is 0.642. The predicted octanol–water partition coefficient (Wildman–Crippen LogP) is 3.58. The summed E-state index contributed by atoms with van der Waals surface area (Å²) in [5.41, 5.74) is 0. The highest BCUT2D eigenvalue weighted by molar-refractivity contribution is 5.76. The maximum atomic E-state index is 12.1. The van der Waals surface area contributed by atoms with Gasteiger partial charge in [-0.3, -0.25) is 4.79 Å². The Morgan fingerprint density at radius 3 is 2.52 bits per heavy atom. The molecule has 2 rings (SSSR count). The maximum Gasteiger partial charge on any atom is 0.223 e. The highest BCUT2D eigenvalue weighted by Crippen LogP contribution is 2.28. The molecule has 1 saturated carbocycles. The highest BCUT2D eigenvalue weighted by Gasteiger charge is 2.21. The SMILES string of the molecule is CC(C)C1CCCC(NCCC(=O)N2CCCCC2)CC1. The van der Waals surface area contributed by atoms with Gasteiger partial charge in [0.05, 0.1) is 0 Å². The first kappa shape index (κ1) is 16.8. The van der Waals surface area contributed by atoms with Crippen molar-refractivity contribution in [3.63, 3.8) is 0 Å². The molecule has 1 aliphatic carbocycles. The molecular formula is C18H34N2O. The van der Waals surface area contributed by atoms with E-state index in [1.807, 2.05) is 0 Å². The van der Waals surface area contributed by atoms with E-state index in [0.717, 1.165) is 31.5 Å². The van der Waals surface area contributed by atoms with Crippen LogP contribution in [0.15, 0.2) is 0 Å². The second-order valence-electron chi connectivity index (χ2n) is 7.35. The van der Waals surface area contributed by atoms with Crippen molar-refractivity contribution >= 4 is 5.91 Å². The molecule has 0 bridgehead atoms. The smallest absolute Gasteiger partial charge is 0.223 e. The van der Waals surface area contributed by atoms with Gasteiger partial charge in [0.25, 0.3) is 0 Å². The Kier molecular flexibility index (Phi) is 7.01. The predicted molar refractivity (Wildman–Crippen MR) is 88.3 cm³/mol. The number of amides is 1. The van der Waals surface area contributed by atoms with Crippen LogP contribution in [0, 0.1) is 11.8 Å². The molecule has 2 unspecified atom stereocenters. The molecule has 0 aromatic carbocycles. The third-order valence-corrected chi connectivity index (χ3v) is 5.44. The van der Waals surface area contributed by atoms with Gasteiger partial charge in [-0.25, -0.2) is 0 Å². The van der Waals surface area contributed by atoms with E-state index in [0.29, 0.717) is 18.4 Å². The van der Waals surface area contributed by atoms with Gasteiger partial charge in [0.15, 0.2) is 0 Å². The standard InChI is InChI=1S/C18H34N2O/c1-15(2)16-7-6-8-17(10-9-16)19-12-11-18(21)20-13-4-3-5-14-20/h15-17,19H,3-14H2,1-2H3. The summed E-state index contributed by atoms with van der Waals surface area (Å²) in [5, 5.41) is 3.64. The van der Waals surface area contributed by atoms with Gasteiger partial charge >= 0.3 is 0 Å². The van der Waals surface area contributed by atoms with Gasteiger partial charge < -0.3 is 10.2 Å². The highest BCUT2D eigenvalue weighted by atomic mass is 16.2. The summed E-state index contributed by atoms with van der Waals surface area (Å²) in [4.78, 5) is 14.2. The van der Waals surface area contributed by atoms with Crippen molar-refractivity contribution in [1.29, 1.82) is 0 Å². The van der Waals surface area contributed by atoms with E-state index in [9.17, 15) is 4.79 Å². The van der Waals surface area contributed by atoms with Crippen molar-refractivity contribution in [3.05, 3.63) is 0 Å². The van der Waals surface area contributed by atoms with Crippen LogP contribution in [0.2, 0.25) is 0 Å². The van der Waals surface area contributed by atoms with E-state index in [4.69, 9.17) is 0 Å². The quantitative estimate of drug-likeness (QED) is 0.786. The Morgan fingerprint density at radius 1 is 1.05 bits per heavy atom. The monoisotopic (exact) mass is 294 g/mol. The van der Waals surface area contributed by atoms with Crippen molar-refractivity contribution in [2.24, 2.45) is 11.8 Å². The third-order valence-electron chi connectivity index (χ3n) is 5.44. The Morgan fingerprint density at radius 2 is 1.81 bits per heavy atom. The van der Waals surface area contributed by atoms with Gasteiger partial charge in [0, 0.05) is 32.1 Å². The minimum Gasteiger partial charge on any atom is -0.343 e. The van der Waals surface area contributed by atoms with E-state index in [-0.39, 0.29) is 0 Å². The topological polar surface area (TPSA) is 32.3 Å². The molecule has 3 heteroatoms. The van der Waals surface area contributed by atoms with E-state index >= 15 is 0 Å². The van der Waals surface area contributed by atoms with Crippen LogP contribution in [0.1, 0.15) is 71.6 Å². The fourth-order valence-electron chi connectivity index (χ4n) is 3.89. The minimum absolute atomic E-state index is 0.357. The zero-order valence-corrected chi connectivity index (χ0v) is 14.1. The Balaban J connectivity index is 1.63. The number of nitrogens with zero attached hydrogens (tertiary/aromatic N) is 1. The number of carbonyl (C=O) groups is 1. The molecular weight excluding hydrogens is 260 g/mol. The summed E-state index contributed by atoms with van der Waals surface area (Å²) in [6.45, 7) is 7.55. The van der Waals surface area contributed by atoms with Crippen LogP contribution in [0.25, 0.3) is 0 Å². The molecule has 2 atom stereocenters. The fraction of sp³-hybridized carbons (Fsp3) is 0.944. The van der Waals surface area contributed by atoms with Crippen molar-refractivity contribution in [1.82, 2.24) is 10.2 Å². The van der Waals surface area contributed by atoms with Crippen LogP contribution in [0.4, 0.5) is 0 Å². The van der Waals surface area contributed by atoms with Gasteiger partial charge in [-0.1, -0.05) is 26.7 Å². The molecule has 1 aliphatic heterocycles. The Bertz CT molecular complexity index is 310. The summed E-state index contributed by atoms with van der Waals surface area (Å²) < 4.78 is 0. The molecule has 0 aromatic heterocycles. The molecule has 2 fully saturated rings. The molecule has 0 radical (unpaired) electrons. The summed E-state index contributed by atoms with van der Waals surface area (Å²) >= 11 is 0. The summed E-state index contributed by atoms with van der Waals surface area (Å²) in [6.07, 6.45) is 11.0. The molecule has 1 saturated heterocycles. The molecule has 0 aromatic rings. The van der Waals surface area contributed by atoms with E-state index in [1.165, 1.54) is 51.4 Å². The first-order chi connectivity index (χ1) is 10.2. The summed E-state index contributed by atoms with van der Waals surface area (Å²) in [5.74, 6) is 2.09. The number of likely N-dealkylation sites (tertiary alicyclic amines) is 1. The molecule has 1 N–H and O–H groups in total. The third kappa shape index (κ3) is 5.61. The van der Waals surface area contributed by atoms with Gasteiger partial charge in [-0.05, 0) is 50.4 Å².